The van der Waals surface area contributed by atoms with E-state index in [1.54, 1.807) is 6.20 Å². The van der Waals surface area contributed by atoms with E-state index in [2.05, 4.69) is 9.97 Å². The summed E-state index contributed by atoms with van der Waals surface area (Å²) in [4.78, 5) is 8.56. The minimum Gasteiger partial charge on any atom is -0.330 e. The van der Waals surface area contributed by atoms with Gasteiger partial charge in [-0.25, -0.2) is 18.4 Å². The molecule has 1 aromatic heterocycles. The summed E-state index contributed by atoms with van der Waals surface area (Å²) < 4.78 is 23.0. The monoisotopic (exact) mass is 241 g/mol. The highest BCUT2D eigenvalue weighted by atomic mass is 32.2. The van der Waals surface area contributed by atoms with E-state index < -0.39 is 9.84 Å². The lowest BCUT2D eigenvalue weighted by molar-refractivity contribution is 0.596. The number of nitrogens with zero attached hydrogens (tertiary/aromatic N) is 2. The molecule has 5 nitrogen and oxygen atoms in total. The quantitative estimate of drug-likeness (QED) is 0.753. The van der Waals surface area contributed by atoms with Crippen molar-refractivity contribution in [3.63, 3.8) is 0 Å². The van der Waals surface area contributed by atoms with E-state index in [1.807, 2.05) is 0 Å². The van der Waals surface area contributed by atoms with Gasteiger partial charge >= 0.3 is 0 Å². The maximum absolute atomic E-state index is 11.5. The molecule has 2 rings (SSSR count). The highest BCUT2D eigenvalue weighted by Gasteiger charge is 2.19. The summed E-state index contributed by atoms with van der Waals surface area (Å²) in [6.45, 7) is 0.511. The Bertz CT molecular complexity index is 485. The molecule has 88 valence electrons. The van der Waals surface area contributed by atoms with Gasteiger partial charge in [0.25, 0.3) is 0 Å². The normalized spacial score (nSPS) is 18.8. The number of aromatic nitrogens is 2. The molecular formula is C10H15N3O2S. The molecule has 0 spiro atoms. The molecule has 2 N–H and O–H groups in total. The second kappa shape index (κ2) is 4.47. The molecule has 0 atom stereocenters. The Morgan fingerprint density at radius 2 is 2.06 bits per heavy atom. The number of rotatable bonds is 2. The van der Waals surface area contributed by atoms with Gasteiger partial charge in [0.1, 0.15) is 5.82 Å². The van der Waals surface area contributed by atoms with Crippen LogP contribution in [0, 0.1) is 0 Å². The molecule has 6 heteroatoms. The summed E-state index contributed by atoms with van der Waals surface area (Å²) in [5.74, 6) is 1.11. The maximum atomic E-state index is 11.5. The Kier molecular flexibility index (Phi) is 3.20. The number of hydrogen-bond donors (Lipinski definition) is 1. The second-order valence-electron chi connectivity index (χ2n) is 3.95. The molecule has 2 heterocycles. The molecule has 0 fully saturated rings. The van der Waals surface area contributed by atoms with Crippen LogP contribution in [0.3, 0.4) is 0 Å². The molecule has 0 bridgehead atoms. The van der Waals surface area contributed by atoms with Gasteiger partial charge in [-0.05, 0) is 18.5 Å². The highest BCUT2D eigenvalue weighted by Crippen LogP contribution is 2.14. The molecule has 0 aliphatic carbocycles. The zero-order valence-corrected chi connectivity index (χ0v) is 9.83. The van der Waals surface area contributed by atoms with Crippen molar-refractivity contribution in [3.8, 4) is 0 Å². The fraction of sp³-hybridized carbons (Fsp3) is 0.600. The first-order chi connectivity index (χ1) is 7.61. The molecule has 0 radical (unpaired) electrons. The Labute approximate surface area is 95.0 Å². The number of nitrogens with two attached hydrogens (primary N) is 1. The van der Waals surface area contributed by atoms with Crippen LogP contribution in [0.4, 0.5) is 0 Å². The first-order valence-electron chi connectivity index (χ1n) is 5.35. The molecule has 0 aromatic carbocycles. The highest BCUT2D eigenvalue weighted by molar-refractivity contribution is 7.91. The average molecular weight is 241 g/mol. The van der Waals surface area contributed by atoms with E-state index in [1.165, 1.54) is 0 Å². The van der Waals surface area contributed by atoms with E-state index in [4.69, 9.17) is 5.73 Å². The zero-order chi connectivity index (χ0) is 11.6. The predicted octanol–water partition coefficient (Wildman–Crippen LogP) is -0.509. The van der Waals surface area contributed by atoms with Gasteiger partial charge in [-0.1, -0.05) is 0 Å². The molecule has 1 aromatic rings. The lowest BCUT2D eigenvalue weighted by atomic mass is 10.1. The van der Waals surface area contributed by atoms with Crippen LogP contribution in [0.1, 0.15) is 17.1 Å². The lowest BCUT2D eigenvalue weighted by Gasteiger charge is -2.05. The number of sulfone groups is 1. The van der Waals surface area contributed by atoms with Crippen LogP contribution < -0.4 is 5.73 Å². The molecular weight excluding hydrogens is 226 g/mol. The summed E-state index contributed by atoms with van der Waals surface area (Å²) in [5.41, 5.74) is 7.27. The van der Waals surface area contributed by atoms with Crippen LogP contribution in [0.5, 0.6) is 0 Å². The van der Waals surface area contributed by atoms with Crippen LogP contribution in [-0.2, 0) is 29.1 Å². The molecule has 1 aliphatic rings. The van der Waals surface area contributed by atoms with E-state index in [-0.39, 0.29) is 11.5 Å². The van der Waals surface area contributed by atoms with Crippen LogP contribution >= 0.6 is 0 Å². The lowest BCUT2D eigenvalue weighted by Crippen LogP contribution is -2.11. The van der Waals surface area contributed by atoms with Crippen molar-refractivity contribution in [2.75, 3.05) is 18.1 Å². The van der Waals surface area contributed by atoms with Crippen molar-refractivity contribution >= 4 is 9.84 Å². The standard InChI is InChI=1S/C10H15N3O2S/c11-4-1-10-12-7-8-2-5-16(14,15)6-3-9(8)13-10/h7H,1-6,11H2. The minimum absolute atomic E-state index is 0.194. The fourth-order valence-electron chi connectivity index (χ4n) is 1.78. The third-order valence-electron chi connectivity index (χ3n) is 2.70. The molecule has 1 aliphatic heterocycles. The van der Waals surface area contributed by atoms with Gasteiger partial charge < -0.3 is 5.73 Å². The molecule has 0 saturated heterocycles. The van der Waals surface area contributed by atoms with Crippen molar-refractivity contribution in [2.45, 2.75) is 19.3 Å². The van der Waals surface area contributed by atoms with E-state index >= 15 is 0 Å². The van der Waals surface area contributed by atoms with Gasteiger partial charge in [0.05, 0.1) is 11.5 Å². The first-order valence-corrected chi connectivity index (χ1v) is 7.17. The summed E-state index contributed by atoms with van der Waals surface area (Å²) in [6, 6.07) is 0. The topological polar surface area (TPSA) is 85.9 Å². The van der Waals surface area contributed by atoms with Crippen molar-refractivity contribution in [1.82, 2.24) is 9.97 Å². The third kappa shape index (κ3) is 2.56. The SMILES string of the molecule is NCCc1ncc2c(n1)CCS(=O)(=O)CC2. The van der Waals surface area contributed by atoms with Gasteiger partial charge in [-0.15, -0.1) is 0 Å². The van der Waals surface area contributed by atoms with Gasteiger partial charge in [0.2, 0.25) is 0 Å². The fourth-order valence-corrected chi connectivity index (χ4v) is 3.02. The smallest absolute Gasteiger partial charge is 0.151 e. The second-order valence-corrected chi connectivity index (χ2v) is 6.25. The first kappa shape index (κ1) is 11.5. The molecule has 16 heavy (non-hydrogen) atoms. The third-order valence-corrected chi connectivity index (χ3v) is 4.36. The van der Waals surface area contributed by atoms with Crippen LogP contribution in [0.2, 0.25) is 0 Å². The maximum Gasteiger partial charge on any atom is 0.151 e. The number of fused-ring (bicyclic) bond motifs is 1. The zero-order valence-electron chi connectivity index (χ0n) is 9.02. The van der Waals surface area contributed by atoms with Gasteiger partial charge in [-0.3, -0.25) is 0 Å². The van der Waals surface area contributed by atoms with Gasteiger partial charge in [-0.2, -0.15) is 0 Å². The van der Waals surface area contributed by atoms with Crippen LogP contribution in [0.25, 0.3) is 0 Å². The number of hydrogen-bond acceptors (Lipinski definition) is 5. The molecule has 0 amide bonds. The van der Waals surface area contributed by atoms with Gasteiger partial charge in [0, 0.05) is 24.7 Å². The van der Waals surface area contributed by atoms with E-state index in [0.717, 1.165) is 11.3 Å². The summed E-state index contributed by atoms with van der Waals surface area (Å²) in [7, 11) is -2.90. The summed E-state index contributed by atoms with van der Waals surface area (Å²) in [6.07, 6.45) is 3.41. The van der Waals surface area contributed by atoms with Crippen LogP contribution in [0.15, 0.2) is 6.20 Å². The molecule has 0 unspecified atom stereocenters. The van der Waals surface area contributed by atoms with Crippen molar-refractivity contribution in [1.29, 1.82) is 0 Å². The Hall–Kier alpha value is -1.01. The Balaban J connectivity index is 2.28. The summed E-state index contributed by atoms with van der Waals surface area (Å²) in [5, 5.41) is 0. The van der Waals surface area contributed by atoms with Crippen molar-refractivity contribution in [3.05, 3.63) is 23.3 Å². The largest absolute Gasteiger partial charge is 0.330 e. The van der Waals surface area contributed by atoms with Crippen molar-refractivity contribution < 1.29 is 8.42 Å². The Morgan fingerprint density at radius 1 is 1.31 bits per heavy atom. The molecule has 0 saturated carbocycles. The van der Waals surface area contributed by atoms with Crippen molar-refractivity contribution in [2.24, 2.45) is 5.73 Å². The van der Waals surface area contributed by atoms with E-state index in [0.29, 0.717) is 31.6 Å². The van der Waals surface area contributed by atoms with E-state index in [9.17, 15) is 8.42 Å². The minimum atomic E-state index is -2.90. The predicted molar refractivity (Wildman–Crippen MR) is 60.9 cm³/mol. The summed E-state index contributed by atoms with van der Waals surface area (Å²) >= 11 is 0. The average Bonchev–Trinajstić information content (AvgIpc) is 2.39. The Morgan fingerprint density at radius 3 is 2.81 bits per heavy atom. The number of aryl methyl sites for hydroxylation is 2. The van der Waals surface area contributed by atoms with Gasteiger partial charge in [0.15, 0.2) is 9.84 Å². The van der Waals surface area contributed by atoms with Crippen LogP contribution in [-0.4, -0.2) is 36.4 Å².